The molecule has 1 aliphatic rings. The fraction of sp³-hybridized carbons (Fsp3) is 0.364. The zero-order chi connectivity index (χ0) is 19.6. The van der Waals surface area contributed by atoms with Crippen molar-refractivity contribution in [2.75, 3.05) is 20.2 Å². The van der Waals surface area contributed by atoms with E-state index in [0.29, 0.717) is 12.3 Å². The van der Waals surface area contributed by atoms with Gasteiger partial charge in [-0.15, -0.1) is 0 Å². The minimum atomic E-state index is -0.866. The van der Waals surface area contributed by atoms with Crippen molar-refractivity contribution in [1.29, 1.82) is 0 Å². The maximum absolute atomic E-state index is 13.4. The van der Waals surface area contributed by atoms with Crippen LogP contribution in [-0.2, 0) is 15.0 Å². The Morgan fingerprint density at radius 3 is 2.30 bits per heavy atom. The molecule has 2 aromatic rings. The maximum Gasteiger partial charge on any atom is 0.308 e. The van der Waals surface area contributed by atoms with E-state index in [1.807, 2.05) is 68.4 Å². The second kappa shape index (κ2) is 7.43. The molecule has 0 unspecified atom stereocenters. The summed E-state index contributed by atoms with van der Waals surface area (Å²) in [5.41, 5.74) is 0.934. The number of benzene rings is 2. The number of carboxylic acids is 1. The van der Waals surface area contributed by atoms with Gasteiger partial charge in [0.25, 0.3) is 0 Å². The van der Waals surface area contributed by atoms with Crippen molar-refractivity contribution in [3.05, 3.63) is 65.7 Å². The maximum atomic E-state index is 13.4. The van der Waals surface area contributed by atoms with Crippen LogP contribution in [0.15, 0.2) is 54.6 Å². The van der Waals surface area contributed by atoms with Gasteiger partial charge in [-0.2, -0.15) is 0 Å². The van der Waals surface area contributed by atoms with E-state index in [1.165, 1.54) is 0 Å². The molecule has 2 aromatic carbocycles. The van der Waals surface area contributed by atoms with Crippen molar-refractivity contribution in [3.8, 4) is 5.75 Å². The number of hydrogen-bond donors (Lipinski definition) is 1. The molecular formula is C22H25NO4. The first kappa shape index (κ1) is 19.0. The summed E-state index contributed by atoms with van der Waals surface area (Å²) >= 11 is 0. The molecule has 1 saturated heterocycles. The predicted molar refractivity (Wildman–Crippen MR) is 103 cm³/mol. The van der Waals surface area contributed by atoms with Gasteiger partial charge in [0, 0.05) is 24.6 Å². The number of hydrogen-bond acceptors (Lipinski definition) is 3. The summed E-state index contributed by atoms with van der Waals surface area (Å²) in [6.07, 6.45) is 0. The number of carboxylic acid groups (broad SMARTS) is 1. The lowest BCUT2D eigenvalue weighted by molar-refractivity contribution is -0.142. The van der Waals surface area contributed by atoms with Crippen molar-refractivity contribution in [2.45, 2.75) is 25.2 Å². The first-order valence-corrected chi connectivity index (χ1v) is 9.07. The van der Waals surface area contributed by atoms with Crippen molar-refractivity contribution < 1.29 is 19.4 Å². The number of para-hydroxylation sites is 1. The Morgan fingerprint density at radius 1 is 1.04 bits per heavy atom. The van der Waals surface area contributed by atoms with Gasteiger partial charge in [0.2, 0.25) is 5.91 Å². The first-order chi connectivity index (χ1) is 12.9. The van der Waals surface area contributed by atoms with Crippen LogP contribution in [0.2, 0.25) is 0 Å². The molecule has 0 aliphatic carbocycles. The zero-order valence-electron chi connectivity index (χ0n) is 15.9. The van der Waals surface area contributed by atoms with Crippen LogP contribution in [0.1, 0.15) is 30.9 Å². The molecule has 1 amide bonds. The molecule has 0 saturated carbocycles. The monoisotopic (exact) mass is 367 g/mol. The van der Waals surface area contributed by atoms with Crippen LogP contribution in [0.25, 0.3) is 0 Å². The summed E-state index contributed by atoms with van der Waals surface area (Å²) in [5.74, 6) is -1.11. The fourth-order valence-electron chi connectivity index (χ4n) is 3.93. The molecule has 5 nitrogen and oxygen atoms in total. The lowest BCUT2D eigenvalue weighted by Gasteiger charge is -2.31. The molecule has 5 heteroatoms. The number of ether oxygens (including phenoxy) is 1. The number of likely N-dealkylation sites (tertiary alicyclic amines) is 1. The highest BCUT2D eigenvalue weighted by Gasteiger charge is 2.45. The standard InChI is InChI=1S/C22H25NO4/c1-22(2,18-11-7-8-12-19(18)27-3)21(26)23-13-16(17(14-23)20(24)25)15-9-5-4-6-10-15/h4-12,16-17H,13-14H2,1-3H3,(H,24,25)/t16-,17-/m0/s1. The van der Waals surface area contributed by atoms with Crippen LogP contribution in [0.4, 0.5) is 0 Å². The lowest BCUT2D eigenvalue weighted by Crippen LogP contribution is -2.43. The van der Waals surface area contributed by atoms with Gasteiger partial charge in [-0.3, -0.25) is 9.59 Å². The third-order valence-corrected chi connectivity index (χ3v) is 5.47. The lowest BCUT2D eigenvalue weighted by atomic mass is 9.82. The number of aliphatic carboxylic acids is 1. The SMILES string of the molecule is COc1ccccc1C(C)(C)C(=O)N1C[C@H](C(=O)O)[C@H](c2ccccc2)C1. The molecule has 1 N–H and O–H groups in total. The number of amides is 1. The van der Waals surface area contributed by atoms with Gasteiger partial charge in [0.15, 0.2) is 0 Å². The highest BCUT2D eigenvalue weighted by atomic mass is 16.5. The van der Waals surface area contributed by atoms with E-state index in [0.717, 1.165) is 11.1 Å². The smallest absolute Gasteiger partial charge is 0.308 e. The van der Waals surface area contributed by atoms with Crippen LogP contribution in [0.3, 0.4) is 0 Å². The molecule has 142 valence electrons. The van der Waals surface area contributed by atoms with Crippen molar-refractivity contribution in [1.82, 2.24) is 4.90 Å². The summed E-state index contributed by atoms with van der Waals surface area (Å²) < 4.78 is 5.43. The Bertz CT molecular complexity index is 831. The van der Waals surface area contributed by atoms with Crippen molar-refractivity contribution in [3.63, 3.8) is 0 Å². The van der Waals surface area contributed by atoms with Gasteiger partial charge in [0.1, 0.15) is 5.75 Å². The second-order valence-electron chi connectivity index (χ2n) is 7.50. The second-order valence-corrected chi connectivity index (χ2v) is 7.50. The Kier molecular flexibility index (Phi) is 5.22. The van der Waals surface area contributed by atoms with Gasteiger partial charge in [-0.1, -0.05) is 48.5 Å². The topological polar surface area (TPSA) is 66.8 Å². The minimum Gasteiger partial charge on any atom is -0.496 e. The Balaban J connectivity index is 1.89. The van der Waals surface area contributed by atoms with Crippen LogP contribution >= 0.6 is 0 Å². The van der Waals surface area contributed by atoms with Crippen LogP contribution < -0.4 is 4.74 Å². The number of rotatable bonds is 5. The molecular weight excluding hydrogens is 342 g/mol. The van der Waals surface area contributed by atoms with E-state index < -0.39 is 17.3 Å². The number of carbonyl (C=O) groups excluding carboxylic acids is 1. The molecule has 1 aliphatic heterocycles. The Hall–Kier alpha value is -2.82. The number of nitrogens with zero attached hydrogens (tertiary/aromatic N) is 1. The summed E-state index contributed by atoms with van der Waals surface area (Å²) in [4.78, 5) is 26.9. The Morgan fingerprint density at radius 2 is 1.67 bits per heavy atom. The van der Waals surface area contributed by atoms with Gasteiger partial charge in [-0.05, 0) is 25.5 Å². The number of methoxy groups -OCH3 is 1. The molecule has 0 radical (unpaired) electrons. The molecule has 0 aromatic heterocycles. The Labute approximate surface area is 159 Å². The predicted octanol–water partition coefficient (Wildman–Crippen LogP) is 3.30. The van der Waals surface area contributed by atoms with E-state index >= 15 is 0 Å². The molecule has 1 fully saturated rings. The van der Waals surface area contributed by atoms with E-state index in [4.69, 9.17) is 4.74 Å². The van der Waals surface area contributed by atoms with Crippen LogP contribution in [0, 0.1) is 5.92 Å². The largest absolute Gasteiger partial charge is 0.496 e. The molecule has 1 heterocycles. The average Bonchev–Trinajstić information content (AvgIpc) is 3.13. The molecule has 0 spiro atoms. The summed E-state index contributed by atoms with van der Waals surface area (Å²) in [6.45, 7) is 4.34. The summed E-state index contributed by atoms with van der Waals surface area (Å²) in [7, 11) is 1.58. The average molecular weight is 367 g/mol. The van der Waals surface area contributed by atoms with E-state index in [1.54, 1.807) is 12.0 Å². The van der Waals surface area contributed by atoms with Crippen molar-refractivity contribution >= 4 is 11.9 Å². The van der Waals surface area contributed by atoms with Gasteiger partial charge < -0.3 is 14.7 Å². The quantitative estimate of drug-likeness (QED) is 0.881. The van der Waals surface area contributed by atoms with E-state index in [9.17, 15) is 14.7 Å². The normalized spacial score (nSPS) is 19.7. The highest BCUT2D eigenvalue weighted by molar-refractivity contribution is 5.89. The summed E-state index contributed by atoms with van der Waals surface area (Å²) in [5, 5.41) is 9.69. The van der Waals surface area contributed by atoms with E-state index in [2.05, 4.69) is 0 Å². The van der Waals surface area contributed by atoms with Gasteiger partial charge >= 0.3 is 5.97 Å². The third kappa shape index (κ3) is 3.54. The first-order valence-electron chi connectivity index (χ1n) is 9.07. The van der Waals surface area contributed by atoms with Gasteiger partial charge in [-0.25, -0.2) is 0 Å². The van der Waals surface area contributed by atoms with Crippen molar-refractivity contribution in [2.24, 2.45) is 5.92 Å². The third-order valence-electron chi connectivity index (χ3n) is 5.47. The minimum absolute atomic E-state index is 0.0864. The molecule has 27 heavy (non-hydrogen) atoms. The summed E-state index contributed by atoms with van der Waals surface area (Å²) in [6, 6.07) is 17.0. The number of carbonyl (C=O) groups is 2. The van der Waals surface area contributed by atoms with E-state index in [-0.39, 0.29) is 18.4 Å². The molecule has 2 atom stereocenters. The van der Waals surface area contributed by atoms with Gasteiger partial charge in [0.05, 0.1) is 18.4 Å². The molecule has 0 bridgehead atoms. The molecule has 3 rings (SSSR count). The zero-order valence-corrected chi connectivity index (χ0v) is 15.9. The highest BCUT2D eigenvalue weighted by Crippen LogP contribution is 2.38. The van der Waals surface area contributed by atoms with Crippen LogP contribution in [-0.4, -0.2) is 42.1 Å². The van der Waals surface area contributed by atoms with Crippen LogP contribution in [0.5, 0.6) is 5.75 Å². The fourth-order valence-corrected chi connectivity index (χ4v) is 3.93.